The van der Waals surface area contributed by atoms with E-state index >= 15 is 0 Å². The average Bonchev–Trinajstić information content (AvgIpc) is 2.47. The van der Waals surface area contributed by atoms with Crippen molar-refractivity contribution in [1.29, 1.82) is 0 Å². The summed E-state index contributed by atoms with van der Waals surface area (Å²) in [6.07, 6.45) is 0. The van der Waals surface area contributed by atoms with Crippen LogP contribution >= 0.6 is 15.9 Å². The summed E-state index contributed by atoms with van der Waals surface area (Å²) in [5, 5.41) is 0. The molecule has 0 amide bonds. The number of hydrogen-bond acceptors (Lipinski definition) is 3. The van der Waals surface area contributed by atoms with Gasteiger partial charge in [-0.05, 0) is 42.8 Å². The van der Waals surface area contributed by atoms with E-state index in [4.69, 9.17) is 0 Å². The van der Waals surface area contributed by atoms with Crippen molar-refractivity contribution in [2.24, 2.45) is 0 Å². The van der Waals surface area contributed by atoms with Gasteiger partial charge in [-0.25, -0.2) is 8.42 Å². The summed E-state index contributed by atoms with van der Waals surface area (Å²) in [6.45, 7) is 3.00. The molecule has 0 aromatic heterocycles. The van der Waals surface area contributed by atoms with Crippen molar-refractivity contribution in [2.75, 3.05) is 29.3 Å². The molecule has 0 N–H and O–H groups in total. The third kappa shape index (κ3) is 2.61. The van der Waals surface area contributed by atoms with Crippen LogP contribution in [0.3, 0.4) is 0 Å². The Hall–Kier alpha value is -1.53. The van der Waals surface area contributed by atoms with Crippen molar-refractivity contribution >= 4 is 37.3 Å². The lowest BCUT2D eigenvalue weighted by Gasteiger charge is -2.36. The van der Waals surface area contributed by atoms with Crippen LogP contribution < -0.4 is 9.21 Å². The molecule has 1 heterocycles. The summed E-state index contributed by atoms with van der Waals surface area (Å²) >= 11 is 3.43. The van der Waals surface area contributed by atoms with Gasteiger partial charge >= 0.3 is 0 Å². The molecule has 0 spiro atoms. The molecule has 6 heteroatoms. The van der Waals surface area contributed by atoms with E-state index in [1.807, 2.05) is 38.2 Å². The minimum Gasteiger partial charge on any atom is -0.371 e. The number of rotatable bonds is 2. The molecular formula is C16H17BrN2O2S. The minimum absolute atomic E-state index is 0.336. The van der Waals surface area contributed by atoms with Gasteiger partial charge in [0.2, 0.25) is 0 Å². The molecule has 0 radical (unpaired) electrons. The molecule has 2 aromatic rings. The lowest BCUT2D eigenvalue weighted by Crippen LogP contribution is -2.42. The SMILES string of the molecule is Cc1cccc(S(=O)(=O)N2CCN(C)c3ccc(Br)cc32)c1. The van der Waals surface area contributed by atoms with Crippen LogP contribution in [-0.4, -0.2) is 28.6 Å². The van der Waals surface area contributed by atoms with E-state index in [1.54, 1.807) is 18.2 Å². The molecule has 0 unspecified atom stereocenters. The van der Waals surface area contributed by atoms with Crippen molar-refractivity contribution in [3.8, 4) is 0 Å². The molecule has 0 saturated carbocycles. The Morgan fingerprint density at radius 3 is 2.55 bits per heavy atom. The Balaban J connectivity index is 2.13. The van der Waals surface area contributed by atoms with Gasteiger partial charge in [-0.15, -0.1) is 0 Å². The van der Waals surface area contributed by atoms with Crippen LogP contribution in [-0.2, 0) is 10.0 Å². The summed E-state index contributed by atoms with van der Waals surface area (Å²) < 4.78 is 28.4. The Labute approximate surface area is 139 Å². The van der Waals surface area contributed by atoms with Crippen LogP contribution in [0.1, 0.15) is 5.56 Å². The lowest BCUT2D eigenvalue weighted by atomic mass is 10.2. The molecule has 22 heavy (non-hydrogen) atoms. The highest BCUT2D eigenvalue weighted by atomic mass is 79.9. The number of anilines is 2. The molecule has 2 aromatic carbocycles. The van der Waals surface area contributed by atoms with E-state index in [0.29, 0.717) is 23.7 Å². The van der Waals surface area contributed by atoms with Gasteiger partial charge in [-0.2, -0.15) is 0 Å². The standard InChI is InChI=1S/C16H17BrN2O2S/c1-12-4-3-5-14(10-12)22(20,21)19-9-8-18(2)15-7-6-13(17)11-16(15)19/h3-7,10-11H,8-9H2,1-2H3. The second kappa shape index (κ2) is 5.59. The second-order valence-corrected chi connectivity index (χ2v) is 8.23. The zero-order chi connectivity index (χ0) is 15.9. The van der Waals surface area contributed by atoms with Crippen molar-refractivity contribution in [3.63, 3.8) is 0 Å². The van der Waals surface area contributed by atoms with Crippen molar-refractivity contribution in [3.05, 3.63) is 52.5 Å². The topological polar surface area (TPSA) is 40.6 Å². The largest absolute Gasteiger partial charge is 0.371 e. The average molecular weight is 381 g/mol. The first kappa shape index (κ1) is 15.4. The number of nitrogens with zero attached hydrogens (tertiary/aromatic N) is 2. The number of hydrogen-bond donors (Lipinski definition) is 0. The van der Waals surface area contributed by atoms with Gasteiger partial charge in [-0.3, -0.25) is 4.31 Å². The van der Waals surface area contributed by atoms with E-state index in [0.717, 1.165) is 15.7 Å². The number of halogens is 1. The van der Waals surface area contributed by atoms with Crippen LogP contribution in [0.5, 0.6) is 0 Å². The van der Waals surface area contributed by atoms with Gasteiger partial charge in [-0.1, -0.05) is 28.1 Å². The van der Waals surface area contributed by atoms with Crippen LogP contribution in [0.2, 0.25) is 0 Å². The normalized spacial score (nSPS) is 14.9. The van der Waals surface area contributed by atoms with Crippen molar-refractivity contribution < 1.29 is 8.42 Å². The zero-order valence-corrected chi connectivity index (χ0v) is 14.9. The minimum atomic E-state index is -3.55. The first-order valence-electron chi connectivity index (χ1n) is 7.00. The molecule has 0 fully saturated rings. The number of likely N-dealkylation sites (N-methyl/N-ethyl adjacent to an activating group) is 1. The third-order valence-corrected chi connectivity index (χ3v) is 6.14. The van der Waals surface area contributed by atoms with E-state index < -0.39 is 10.0 Å². The summed E-state index contributed by atoms with van der Waals surface area (Å²) in [5.41, 5.74) is 2.57. The summed E-state index contributed by atoms with van der Waals surface area (Å²) in [7, 11) is -1.58. The van der Waals surface area contributed by atoms with Gasteiger partial charge in [0, 0.05) is 18.1 Å². The summed E-state index contributed by atoms with van der Waals surface area (Å²) in [6, 6.07) is 12.8. The fraction of sp³-hybridized carbons (Fsp3) is 0.250. The molecule has 4 nitrogen and oxygen atoms in total. The molecule has 0 bridgehead atoms. The van der Waals surface area contributed by atoms with E-state index in [1.165, 1.54) is 4.31 Å². The number of benzene rings is 2. The maximum atomic E-state index is 13.0. The van der Waals surface area contributed by atoms with Gasteiger partial charge in [0.05, 0.1) is 22.8 Å². The Morgan fingerprint density at radius 2 is 1.82 bits per heavy atom. The van der Waals surface area contributed by atoms with Crippen molar-refractivity contribution in [2.45, 2.75) is 11.8 Å². The molecule has 1 aliphatic rings. The number of fused-ring (bicyclic) bond motifs is 1. The molecular weight excluding hydrogens is 364 g/mol. The monoisotopic (exact) mass is 380 g/mol. The Bertz CT molecular complexity index is 821. The molecule has 1 aliphatic heterocycles. The highest BCUT2D eigenvalue weighted by Crippen LogP contribution is 2.37. The smallest absolute Gasteiger partial charge is 0.264 e. The maximum absolute atomic E-state index is 13.0. The highest BCUT2D eigenvalue weighted by molar-refractivity contribution is 9.10. The van der Waals surface area contributed by atoms with Crippen LogP contribution in [0.4, 0.5) is 11.4 Å². The quantitative estimate of drug-likeness (QED) is 0.801. The molecule has 3 rings (SSSR count). The van der Waals surface area contributed by atoms with E-state index in [-0.39, 0.29) is 0 Å². The summed E-state index contributed by atoms with van der Waals surface area (Å²) in [5.74, 6) is 0. The maximum Gasteiger partial charge on any atom is 0.264 e. The first-order chi connectivity index (χ1) is 10.4. The van der Waals surface area contributed by atoms with Gasteiger partial charge < -0.3 is 4.90 Å². The van der Waals surface area contributed by atoms with E-state index in [2.05, 4.69) is 20.8 Å². The fourth-order valence-electron chi connectivity index (χ4n) is 2.65. The van der Waals surface area contributed by atoms with E-state index in [9.17, 15) is 8.42 Å². The second-order valence-electron chi connectivity index (χ2n) is 5.45. The lowest BCUT2D eigenvalue weighted by molar-refractivity contribution is 0.589. The zero-order valence-electron chi connectivity index (χ0n) is 12.5. The first-order valence-corrected chi connectivity index (χ1v) is 9.23. The fourth-order valence-corrected chi connectivity index (χ4v) is 4.57. The third-order valence-electron chi connectivity index (χ3n) is 3.83. The van der Waals surface area contributed by atoms with Gasteiger partial charge in [0.15, 0.2) is 0 Å². The molecule has 0 saturated heterocycles. The van der Waals surface area contributed by atoms with Gasteiger partial charge in [0.1, 0.15) is 0 Å². The van der Waals surface area contributed by atoms with Crippen molar-refractivity contribution in [1.82, 2.24) is 0 Å². The van der Waals surface area contributed by atoms with Crippen LogP contribution in [0.25, 0.3) is 0 Å². The predicted octanol–water partition coefficient (Wildman–Crippen LogP) is 3.40. The Morgan fingerprint density at radius 1 is 1.05 bits per heavy atom. The predicted molar refractivity (Wildman–Crippen MR) is 93.1 cm³/mol. The number of aryl methyl sites for hydroxylation is 1. The highest BCUT2D eigenvalue weighted by Gasteiger charge is 2.31. The molecule has 0 aliphatic carbocycles. The number of sulfonamides is 1. The Kier molecular flexibility index (Phi) is 3.91. The molecule has 0 atom stereocenters. The van der Waals surface area contributed by atoms with Crippen LogP contribution in [0.15, 0.2) is 51.8 Å². The van der Waals surface area contributed by atoms with Gasteiger partial charge in [0.25, 0.3) is 10.0 Å². The van der Waals surface area contributed by atoms with Crippen LogP contribution in [0, 0.1) is 6.92 Å². The molecule has 116 valence electrons. The summed E-state index contributed by atoms with van der Waals surface area (Å²) in [4.78, 5) is 2.41.